The number of ether oxygens (including phenoxy) is 2. The van der Waals surface area contributed by atoms with Crippen molar-refractivity contribution in [2.75, 3.05) is 40.0 Å². The Balaban J connectivity index is 1.69. The molecule has 9 heteroatoms. The minimum Gasteiger partial charge on any atom is -0.495 e. The number of aromatic nitrogens is 3. The van der Waals surface area contributed by atoms with Crippen LogP contribution in [0, 0.1) is 0 Å². The van der Waals surface area contributed by atoms with Gasteiger partial charge in [0.15, 0.2) is 0 Å². The number of rotatable bonds is 6. The van der Waals surface area contributed by atoms with Crippen LogP contribution in [0.5, 0.6) is 17.5 Å². The summed E-state index contributed by atoms with van der Waals surface area (Å²) in [6.45, 7) is 2.17. The molecule has 1 aromatic carbocycles. The number of benzene rings is 1. The third kappa shape index (κ3) is 5.34. The minimum absolute atomic E-state index is 0.181. The number of likely N-dealkylation sites (tertiary alicyclic amines) is 1. The summed E-state index contributed by atoms with van der Waals surface area (Å²) >= 11 is 6.27. The van der Waals surface area contributed by atoms with E-state index in [1.54, 1.807) is 25.3 Å². The Kier molecular flexibility index (Phi) is 7.56. The summed E-state index contributed by atoms with van der Waals surface area (Å²) in [5.74, 6) is 2.00. The highest BCUT2D eigenvalue weighted by atomic mass is 35.5. The molecule has 1 saturated carbocycles. The number of nitrogens with zero attached hydrogens (tertiary/aromatic N) is 5. The maximum absolute atomic E-state index is 6.27. The number of anilines is 1. The summed E-state index contributed by atoms with van der Waals surface area (Å²) in [7, 11) is 6.07. The van der Waals surface area contributed by atoms with E-state index in [4.69, 9.17) is 31.8 Å². The van der Waals surface area contributed by atoms with E-state index in [2.05, 4.69) is 29.0 Å². The molecule has 2 fully saturated rings. The van der Waals surface area contributed by atoms with Crippen molar-refractivity contribution in [3.63, 3.8) is 0 Å². The molecule has 1 unspecified atom stereocenters. The monoisotopic (exact) mass is 475 g/mol. The van der Waals surface area contributed by atoms with Crippen LogP contribution >= 0.6 is 11.6 Å². The average Bonchev–Trinajstić information content (AvgIpc) is 3.09. The largest absolute Gasteiger partial charge is 0.495 e. The Morgan fingerprint density at radius 3 is 2.30 bits per heavy atom. The molecule has 33 heavy (non-hydrogen) atoms. The van der Waals surface area contributed by atoms with Crippen LogP contribution < -0.4 is 19.7 Å². The Morgan fingerprint density at radius 1 is 1.00 bits per heavy atom. The summed E-state index contributed by atoms with van der Waals surface area (Å²) in [6.07, 6.45) is 9.68. The van der Waals surface area contributed by atoms with Crippen molar-refractivity contribution < 1.29 is 9.47 Å². The molecule has 0 bridgehead atoms. The van der Waals surface area contributed by atoms with Gasteiger partial charge in [-0.15, -0.1) is 9.97 Å². The van der Waals surface area contributed by atoms with Crippen molar-refractivity contribution in [3.8, 4) is 17.5 Å². The van der Waals surface area contributed by atoms with Gasteiger partial charge in [-0.2, -0.15) is 4.98 Å². The van der Waals surface area contributed by atoms with Gasteiger partial charge in [-0.3, -0.25) is 4.48 Å². The second kappa shape index (κ2) is 10.4. The van der Waals surface area contributed by atoms with Gasteiger partial charge in [0.1, 0.15) is 11.5 Å². The lowest BCUT2D eigenvalue weighted by Gasteiger charge is -2.47. The molecule has 1 aliphatic carbocycles. The number of piperidine rings is 1. The van der Waals surface area contributed by atoms with Gasteiger partial charge < -0.3 is 20.1 Å². The van der Waals surface area contributed by atoms with Gasteiger partial charge in [0.2, 0.25) is 5.95 Å². The quantitative estimate of drug-likeness (QED) is 0.480. The molecular formula is C24H36ClN6O2+. The fourth-order valence-electron chi connectivity index (χ4n) is 5.39. The van der Waals surface area contributed by atoms with E-state index in [-0.39, 0.29) is 12.0 Å². The van der Waals surface area contributed by atoms with Gasteiger partial charge in [-0.05, 0) is 44.9 Å². The normalized spacial score (nSPS) is 20.7. The molecular weight excluding hydrogens is 440 g/mol. The number of nitrogen functional groups attached to an aromatic ring is 1. The first-order valence-electron chi connectivity index (χ1n) is 12.0. The van der Waals surface area contributed by atoms with Crippen LogP contribution in [-0.2, 0) is 0 Å². The predicted molar refractivity (Wildman–Crippen MR) is 132 cm³/mol. The summed E-state index contributed by atoms with van der Waals surface area (Å²) in [4.78, 5) is 16.2. The highest BCUT2D eigenvalue weighted by Crippen LogP contribution is 2.37. The van der Waals surface area contributed by atoms with E-state index in [1.807, 2.05) is 0 Å². The molecule has 1 aliphatic heterocycles. The second-order valence-corrected chi connectivity index (χ2v) is 9.91. The standard InChI is InChI=1S/C24H36ClN6O2/c1-30-14-12-18(13-15-30)31(2,17-8-6-4-5-7-9-17)23-27-22(26)28-24(29-23)33-19-10-11-21(32-3)20(25)16-19/h10-11,16-18H,4-9,12-15H2,1-3H3,(H2,26,27,28,29)/q+1. The number of hydrogen-bond donors (Lipinski definition) is 1. The lowest BCUT2D eigenvalue weighted by Crippen LogP contribution is -2.63. The Hall–Kier alpha value is -2.16. The number of nitrogens with two attached hydrogens (primary N) is 1. The van der Waals surface area contributed by atoms with Crippen molar-refractivity contribution in [1.82, 2.24) is 24.3 Å². The lowest BCUT2D eigenvalue weighted by molar-refractivity contribution is 0.0954. The molecule has 2 N–H and O–H groups in total. The Morgan fingerprint density at radius 2 is 1.67 bits per heavy atom. The number of quaternary nitrogens is 1. The van der Waals surface area contributed by atoms with Gasteiger partial charge in [-0.25, -0.2) is 0 Å². The Labute approximate surface area is 201 Å². The van der Waals surface area contributed by atoms with E-state index in [0.29, 0.717) is 39.0 Å². The van der Waals surface area contributed by atoms with Crippen LogP contribution in [0.2, 0.25) is 5.02 Å². The van der Waals surface area contributed by atoms with Gasteiger partial charge >= 0.3 is 12.0 Å². The maximum atomic E-state index is 6.27. The van der Waals surface area contributed by atoms with Gasteiger partial charge in [0.25, 0.3) is 0 Å². The Bertz CT molecular complexity index is 945. The molecule has 0 radical (unpaired) electrons. The molecule has 2 aliphatic rings. The van der Waals surface area contributed by atoms with E-state index in [1.165, 1.54) is 38.5 Å². The van der Waals surface area contributed by atoms with E-state index in [9.17, 15) is 0 Å². The van der Waals surface area contributed by atoms with Crippen LogP contribution in [0.4, 0.5) is 11.9 Å². The second-order valence-electron chi connectivity index (χ2n) is 9.50. The first kappa shape index (κ1) is 24.0. The van der Waals surface area contributed by atoms with E-state index < -0.39 is 0 Å². The predicted octanol–water partition coefficient (Wildman–Crippen LogP) is 4.66. The highest BCUT2D eigenvalue weighted by Gasteiger charge is 2.46. The number of hydrogen-bond acceptors (Lipinski definition) is 7. The summed E-state index contributed by atoms with van der Waals surface area (Å²) in [5.41, 5.74) is 6.19. The van der Waals surface area contributed by atoms with Crippen LogP contribution in [0.25, 0.3) is 0 Å². The van der Waals surface area contributed by atoms with Crippen molar-refractivity contribution in [2.45, 2.75) is 63.5 Å². The van der Waals surface area contributed by atoms with Crippen molar-refractivity contribution in [2.24, 2.45) is 0 Å². The summed E-state index contributed by atoms with van der Waals surface area (Å²) < 4.78 is 11.9. The zero-order chi connectivity index (χ0) is 23.4. The van der Waals surface area contributed by atoms with Crippen LogP contribution in [0.3, 0.4) is 0 Å². The highest BCUT2D eigenvalue weighted by molar-refractivity contribution is 6.32. The molecule has 1 atom stereocenters. The molecule has 8 nitrogen and oxygen atoms in total. The van der Waals surface area contributed by atoms with Crippen LogP contribution in [0.15, 0.2) is 18.2 Å². The topological polar surface area (TPSA) is 86.4 Å². The average molecular weight is 476 g/mol. The van der Waals surface area contributed by atoms with Crippen molar-refractivity contribution in [3.05, 3.63) is 23.2 Å². The zero-order valence-corrected chi connectivity index (χ0v) is 20.7. The van der Waals surface area contributed by atoms with Gasteiger partial charge in [0, 0.05) is 32.0 Å². The molecule has 0 spiro atoms. The molecule has 2 heterocycles. The smallest absolute Gasteiger partial charge is 0.337 e. The molecule has 1 saturated heterocycles. The first-order valence-corrected chi connectivity index (χ1v) is 12.4. The van der Waals surface area contributed by atoms with Gasteiger partial charge in [-0.1, -0.05) is 24.4 Å². The van der Waals surface area contributed by atoms with Gasteiger partial charge in [0.05, 0.1) is 31.3 Å². The zero-order valence-electron chi connectivity index (χ0n) is 20.0. The third-order valence-corrected chi connectivity index (χ3v) is 7.71. The summed E-state index contributed by atoms with van der Waals surface area (Å²) in [6, 6.07) is 6.33. The molecule has 1 aromatic heterocycles. The molecule has 4 rings (SSSR count). The first-order chi connectivity index (χ1) is 15.9. The van der Waals surface area contributed by atoms with Crippen molar-refractivity contribution >= 4 is 23.5 Å². The fraction of sp³-hybridized carbons (Fsp3) is 0.625. The van der Waals surface area contributed by atoms with Crippen LogP contribution in [0.1, 0.15) is 51.4 Å². The van der Waals surface area contributed by atoms with Crippen molar-refractivity contribution in [1.29, 1.82) is 0 Å². The number of methoxy groups -OCH3 is 1. The molecule has 2 aromatic rings. The number of halogens is 1. The van der Waals surface area contributed by atoms with E-state index >= 15 is 0 Å². The van der Waals surface area contributed by atoms with Crippen LogP contribution in [-0.4, -0.2) is 66.2 Å². The summed E-state index contributed by atoms with van der Waals surface area (Å²) in [5, 5.41) is 0.461. The SMILES string of the molecule is COc1ccc(Oc2nc(N)nc([N+](C)(C3CCCCCC3)C3CCN(C)CC3)n2)cc1Cl. The minimum atomic E-state index is 0.181. The molecule has 0 amide bonds. The third-order valence-electron chi connectivity index (χ3n) is 7.41. The lowest BCUT2D eigenvalue weighted by atomic mass is 9.95. The molecule has 180 valence electrons. The fourth-order valence-corrected chi connectivity index (χ4v) is 5.64. The van der Waals surface area contributed by atoms with E-state index in [0.717, 1.165) is 25.9 Å². The maximum Gasteiger partial charge on any atom is 0.337 e.